The number of nitrogens with two attached hydrogens (primary N) is 1. The molecule has 0 saturated heterocycles. The molecule has 1 heterocycles. The van der Waals surface area contributed by atoms with Crippen LogP contribution in [-0.4, -0.2) is 22.7 Å². The Balaban J connectivity index is 1.60. The van der Waals surface area contributed by atoms with Gasteiger partial charge in [-0.2, -0.15) is 4.98 Å². The van der Waals surface area contributed by atoms with Crippen molar-refractivity contribution in [2.75, 3.05) is 6.61 Å². The Bertz CT molecular complexity index is 847. The summed E-state index contributed by atoms with van der Waals surface area (Å²) >= 11 is 0. The first-order valence-electron chi connectivity index (χ1n) is 7.32. The lowest BCUT2D eigenvalue weighted by molar-refractivity contribution is -0.119. The fourth-order valence-corrected chi connectivity index (χ4v) is 1.96. The molecule has 0 bridgehead atoms. The lowest BCUT2D eigenvalue weighted by atomic mass is 10.2. The summed E-state index contributed by atoms with van der Waals surface area (Å²) in [7, 11) is 0. The minimum Gasteiger partial charge on any atom is -0.484 e. The van der Waals surface area contributed by atoms with Crippen molar-refractivity contribution in [1.29, 1.82) is 0 Å². The molecule has 1 amide bonds. The van der Waals surface area contributed by atoms with Crippen LogP contribution in [-0.2, 0) is 11.4 Å². The SMILES string of the molecule is NC(=O)COc1ccc(-c2noc(COc3ccc(F)cc3)n2)cc1. The molecule has 0 saturated carbocycles. The second-order valence-electron chi connectivity index (χ2n) is 5.03. The van der Waals surface area contributed by atoms with Crippen molar-refractivity contribution in [2.24, 2.45) is 5.73 Å². The molecule has 0 fully saturated rings. The zero-order chi connectivity index (χ0) is 17.6. The van der Waals surface area contributed by atoms with Crippen LogP contribution in [0.3, 0.4) is 0 Å². The van der Waals surface area contributed by atoms with Crippen LogP contribution in [0.1, 0.15) is 5.89 Å². The Kier molecular flexibility index (Phi) is 4.89. The van der Waals surface area contributed by atoms with Crippen LogP contribution in [0.25, 0.3) is 11.4 Å². The molecular weight excluding hydrogens is 329 g/mol. The van der Waals surface area contributed by atoms with Crippen molar-refractivity contribution in [2.45, 2.75) is 6.61 Å². The lowest BCUT2D eigenvalue weighted by Crippen LogP contribution is -2.19. The number of rotatable bonds is 7. The number of amides is 1. The van der Waals surface area contributed by atoms with Crippen LogP contribution in [0, 0.1) is 5.82 Å². The van der Waals surface area contributed by atoms with Crippen LogP contribution in [0.15, 0.2) is 53.1 Å². The number of nitrogens with zero attached hydrogens (tertiary/aromatic N) is 2. The monoisotopic (exact) mass is 343 g/mol. The quantitative estimate of drug-likeness (QED) is 0.706. The van der Waals surface area contributed by atoms with E-state index in [4.69, 9.17) is 19.7 Å². The van der Waals surface area contributed by atoms with Crippen molar-refractivity contribution in [3.05, 3.63) is 60.2 Å². The molecule has 0 spiro atoms. The van der Waals surface area contributed by atoms with Crippen molar-refractivity contribution in [3.8, 4) is 22.9 Å². The second kappa shape index (κ2) is 7.43. The maximum Gasteiger partial charge on any atom is 0.264 e. The normalized spacial score (nSPS) is 10.4. The van der Waals surface area contributed by atoms with Gasteiger partial charge in [-0.3, -0.25) is 4.79 Å². The van der Waals surface area contributed by atoms with Gasteiger partial charge in [0, 0.05) is 5.56 Å². The zero-order valence-corrected chi connectivity index (χ0v) is 13.0. The van der Waals surface area contributed by atoms with Crippen molar-refractivity contribution >= 4 is 5.91 Å². The van der Waals surface area contributed by atoms with Crippen LogP contribution in [0.4, 0.5) is 4.39 Å². The summed E-state index contributed by atoms with van der Waals surface area (Å²) in [5.74, 6) is 0.791. The molecule has 8 heteroatoms. The number of carbonyl (C=O) groups is 1. The number of halogens is 1. The predicted molar refractivity (Wildman–Crippen MR) is 85.2 cm³/mol. The van der Waals surface area contributed by atoms with Gasteiger partial charge in [-0.1, -0.05) is 5.16 Å². The first kappa shape index (κ1) is 16.4. The molecule has 2 N–H and O–H groups in total. The van der Waals surface area contributed by atoms with Gasteiger partial charge in [0.05, 0.1) is 0 Å². The number of primary amides is 1. The Morgan fingerprint density at radius 2 is 1.68 bits per heavy atom. The molecule has 0 aliphatic carbocycles. The minimum atomic E-state index is -0.548. The first-order valence-corrected chi connectivity index (χ1v) is 7.32. The molecule has 25 heavy (non-hydrogen) atoms. The molecule has 0 aliphatic heterocycles. The number of aromatic nitrogens is 2. The highest BCUT2D eigenvalue weighted by Gasteiger charge is 2.10. The Labute approximate surface area is 142 Å². The largest absolute Gasteiger partial charge is 0.484 e. The highest BCUT2D eigenvalue weighted by molar-refractivity contribution is 5.75. The van der Waals surface area contributed by atoms with E-state index >= 15 is 0 Å². The molecule has 7 nitrogen and oxygen atoms in total. The molecule has 3 aromatic rings. The van der Waals surface area contributed by atoms with Crippen molar-refractivity contribution in [1.82, 2.24) is 10.1 Å². The van der Waals surface area contributed by atoms with Crippen LogP contribution in [0.5, 0.6) is 11.5 Å². The van der Waals surface area contributed by atoms with Gasteiger partial charge in [0.15, 0.2) is 13.2 Å². The van der Waals surface area contributed by atoms with Crippen molar-refractivity contribution < 1.29 is 23.2 Å². The average Bonchev–Trinajstić information content (AvgIpc) is 3.09. The van der Waals surface area contributed by atoms with Gasteiger partial charge < -0.3 is 19.7 Å². The van der Waals surface area contributed by atoms with E-state index in [2.05, 4.69) is 10.1 Å². The number of carbonyl (C=O) groups excluding carboxylic acids is 1. The number of benzene rings is 2. The topological polar surface area (TPSA) is 100 Å². The Hall–Kier alpha value is -3.42. The Morgan fingerprint density at radius 1 is 1.04 bits per heavy atom. The molecule has 0 unspecified atom stereocenters. The van der Waals surface area contributed by atoms with Gasteiger partial charge in [-0.15, -0.1) is 0 Å². The van der Waals surface area contributed by atoms with E-state index in [0.29, 0.717) is 22.9 Å². The molecule has 0 atom stereocenters. The highest BCUT2D eigenvalue weighted by Crippen LogP contribution is 2.20. The van der Waals surface area contributed by atoms with Crippen LogP contribution >= 0.6 is 0 Å². The maximum absolute atomic E-state index is 12.8. The third-order valence-electron chi connectivity index (χ3n) is 3.14. The molecule has 0 radical (unpaired) electrons. The predicted octanol–water partition coefficient (Wildman–Crippen LogP) is 2.32. The number of ether oxygens (including phenoxy) is 2. The van der Waals surface area contributed by atoms with Gasteiger partial charge in [0.25, 0.3) is 11.8 Å². The summed E-state index contributed by atoms with van der Waals surface area (Å²) in [6.07, 6.45) is 0. The van der Waals surface area contributed by atoms with Gasteiger partial charge in [0.2, 0.25) is 5.82 Å². The molecule has 1 aromatic heterocycles. The summed E-state index contributed by atoms with van der Waals surface area (Å²) in [5.41, 5.74) is 5.73. The molecular formula is C17H14FN3O4. The highest BCUT2D eigenvalue weighted by atomic mass is 19.1. The van der Waals surface area contributed by atoms with E-state index in [1.807, 2.05) is 0 Å². The maximum atomic E-state index is 12.8. The summed E-state index contributed by atoms with van der Waals surface area (Å²) < 4.78 is 28.6. The minimum absolute atomic E-state index is 0.0679. The molecule has 2 aromatic carbocycles. The van der Waals surface area contributed by atoms with E-state index in [-0.39, 0.29) is 24.9 Å². The Morgan fingerprint density at radius 3 is 2.36 bits per heavy atom. The lowest BCUT2D eigenvalue weighted by Gasteiger charge is -2.03. The summed E-state index contributed by atoms with van der Waals surface area (Å²) in [6, 6.07) is 12.4. The van der Waals surface area contributed by atoms with E-state index < -0.39 is 5.91 Å². The second-order valence-corrected chi connectivity index (χ2v) is 5.03. The number of hydrogen-bond donors (Lipinski definition) is 1. The van der Waals surface area contributed by atoms with E-state index in [0.717, 1.165) is 0 Å². The van der Waals surface area contributed by atoms with Crippen LogP contribution < -0.4 is 15.2 Å². The van der Waals surface area contributed by atoms with Gasteiger partial charge in [0.1, 0.15) is 17.3 Å². The van der Waals surface area contributed by atoms with Crippen LogP contribution in [0.2, 0.25) is 0 Å². The molecule has 3 rings (SSSR count). The molecule has 0 aliphatic rings. The van der Waals surface area contributed by atoms with E-state index in [9.17, 15) is 9.18 Å². The summed E-state index contributed by atoms with van der Waals surface area (Å²) in [6.45, 7) is -0.120. The van der Waals surface area contributed by atoms with Crippen molar-refractivity contribution in [3.63, 3.8) is 0 Å². The smallest absolute Gasteiger partial charge is 0.264 e. The summed E-state index contributed by atoms with van der Waals surface area (Å²) in [4.78, 5) is 14.9. The van der Waals surface area contributed by atoms with Gasteiger partial charge >= 0.3 is 0 Å². The fourth-order valence-electron chi connectivity index (χ4n) is 1.96. The zero-order valence-electron chi connectivity index (χ0n) is 13.0. The third-order valence-corrected chi connectivity index (χ3v) is 3.14. The summed E-state index contributed by atoms with van der Waals surface area (Å²) in [5, 5.41) is 3.88. The van der Waals surface area contributed by atoms with E-state index in [1.165, 1.54) is 24.3 Å². The fraction of sp³-hybridized carbons (Fsp3) is 0.118. The average molecular weight is 343 g/mol. The van der Waals surface area contributed by atoms with E-state index in [1.54, 1.807) is 24.3 Å². The number of hydrogen-bond acceptors (Lipinski definition) is 6. The standard InChI is InChI=1S/C17H14FN3O4/c18-12-3-7-14(8-4-12)24-10-16-20-17(21-25-16)11-1-5-13(6-2-11)23-9-15(19)22/h1-8H,9-10H2,(H2,19,22). The first-order chi connectivity index (χ1) is 12.1. The van der Waals surface area contributed by atoms with Gasteiger partial charge in [-0.25, -0.2) is 4.39 Å². The third kappa shape index (κ3) is 4.54. The van der Waals surface area contributed by atoms with Gasteiger partial charge in [-0.05, 0) is 48.5 Å². The molecule has 128 valence electrons.